The number of methoxy groups -OCH3 is 1. The number of esters is 1. The molecule has 0 aliphatic heterocycles. The standard InChI is InChI=1S/C15H19NO3/c1-3-4-13(15(18)19-2)12-8-5-11(6-9-12)7-10-14(16)17/h5-10,13H,3-4H2,1-2H3,(H2,16,17). The molecule has 1 unspecified atom stereocenters. The molecular formula is C15H19NO3. The number of ether oxygens (including phenoxy) is 1. The molecular weight excluding hydrogens is 242 g/mol. The molecule has 0 spiro atoms. The van der Waals surface area contributed by atoms with Gasteiger partial charge in [0, 0.05) is 6.08 Å². The minimum atomic E-state index is -0.484. The zero-order chi connectivity index (χ0) is 14.3. The molecule has 0 radical (unpaired) electrons. The molecule has 2 N–H and O–H groups in total. The van der Waals surface area contributed by atoms with Crippen molar-refractivity contribution in [3.8, 4) is 0 Å². The number of benzene rings is 1. The van der Waals surface area contributed by atoms with Crippen molar-refractivity contribution in [2.45, 2.75) is 25.7 Å². The fourth-order valence-electron chi connectivity index (χ4n) is 1.87. The average Bonchev–Trinajstić information content (AvgIpc) is 2.42. The molecule has 0 saturated heterocycles. The minimum Gasteiger partial charge on any atom is -0.469 e. The molecule has 102 valence electrons. The maximum absolute atomic E-state index is 11.7. The number of rotatable bonds is 6. The lowest BCUT2D eigenvalue weighted by atomic mass is 9.94. The maximum atomic E-state index is 11.7. The van der Waals surface area contributed by atoms with Gasteiger partial charge in [-0.3, -0.25) is 9.59 Å². The first-order valence-electron chi connectivity index (χ1n) is 6.23. The first-order valence-corrected chi connectivity index (χ1v) is 6.23. The van der Waals surface area contributed by atoms with Crippen LogP contribution < -0.4 is 5.73 Å². The van der Waals surface area contributed by atoms with Crippen molar-refractivity contribution >= 4 is 18.0 Å². The lowest BCUT2D eigenvalue weighted by Gasteiger charge is -2.14. The van der Waals surface area contributed by atoms with Crippen LogP contribution in [0.3, 0.4) is 0 Å². The van der Waals surface area contributed by atoms with Crippen LogP contribution in [0.5, 0.6) is 0 Å². The van der Waals surface area contributed by atoms with Crippen LogP contribution in [0.1, 0.15) is 36.8 Å². The number of primary amides is 1. The molecule has 1 atom stereocenters. The SMILES string of the molecule is CCCC(C(=O)OC)c1ccc(C=CC(N)=O)cc1. The average molecular weight is 261 g/mol. The van der Waals surface area contributed by atoms with Gasteiger partial charge in [-0.2, -0.15) is 0 Å². The summed E-state index contributed by atoms with van der Waals surface area (Å²) >= 11 is 0. The molecule has 1 aromatic carbocycles. The number of carbonyl (C=O) groups excluding carboxylic acids is 2. The highest BCUT2D eigenvalue weighted by atomic mass is 16.5. The van der Waals surface area contributed by atoms with Crippen LogP contribution in [-0.4, -0.2) is 19.0 Å². The predicted octanol–water partition coefficient (Wildman–Crippen LogP) is 2.24. The van der Waals surface area contributed by atoms with E-state index in [1.807, 2.05) is 31.2 Å². The van der Waals surface area contributed by atoms with E-state index in [0.29, 0.717) is 0 Å². The molecule has 4 nitrogen and oxygen atoms in total. The zero-order valence-corrected chi connectivity index (χ0v) is 11.3. The summed E-state index contributed by atoms with van der Waals surface area (Å²) in [6.45, 7) is 2.03. The van der Waals surface area contributed by atoms with Gasteiger partial charge in [-0.15, -0.1) is 0 Å². The number of carbonyl (C=O) groups is 2. The first kappa shape index (κ1) is 15.0. The zero-order valence-electron chi connectivity index (χ0n) is 11.3. The Balaban J connectivity index is 2.88. The van der Waals surface area contributed by atoms with Gasteiger partial charge < -0.3 is 10.5 Å². The Kier molecular flexibility index (Phi) is 5.79. The van der Waals surface area contributed by atoms with E-state index in [1.165, 1.54) is 13.2 Å². The second-order valence-electron chi connectivity index (χ2n) is 4.27. The summed E-state index contributed by atoms with van der Waals surface area (Å²) in [5.41, 5.74) is 6.81. The topological polar surface area (TPSA) is 69.4 Å². The molecule has 1 aromatic rings. The normalized spacial score (nSPS) is 12.3. The highest BCUT2D eigenvalue weighted by Gasteiger charge is 2.19. The summed E-state index contributed by atoms with van der Waals surface area (Å²) in [5.74, 6) is -0.936. The summed E-state index contributed by atoms with van der Waals surface area (Å²) in [7, 11) is 1.40. The van der Waals surface area contributed by atoms with E-state index in [0.717, 1.165) is 24.0 Å². The van der Waals surface area contributed by atoms with Crippen molar-refractivity contribution in [3.63, 3.8) is 0 Å². The minimum absolute atomic E-state index is 0.220. The quantitative estimate of drug-likeness (QED) is 0.630. The third-order valence-corrected chi connectivity index (χ3v) is 2.84. The van der Waals surface area contributed by atoms with Gasteiger partial charge in [-0.1, -0.05) is 37.6 Å². The lowest BCUT2D eigenvalue weighted by Crippen LogP contribution is -2.14. The van der Waals surface area contributed by atoms with E-state index in [1.54, 1.807) is 6.08 Å². The molecule has 0 fully saturated rings. The Morgan fingerprint density at radius 1 is 1.32 bits per heavy atom. The molecule has 0 aliphatic rings. The molecule has 0 bridgehead atoms. The molecule has 1 rings (SSSR count). The summed E-state index contributed by atoms with van der Waals surface area (Å²) < 4.78 is 4.81. The van der Waals surface area contributed by atoms with Crippen molar-refractivity contribution in [1.82, 2.24) is 0 Å². The smallest absolute Gasteiger partial charge is 0.313 e. The van der Waals surface area contributed by atoms with Crippen LogP contribution in [0.2, 0.25) is 0 Å². The number of hydrogen-bond donors (Lipinski definition) is 1. The number of nitrogens with two attached hydrogens (primary N) is 1. The third-order valence-electron chi connectivity index (χ3n) is 2.84. The van der Waals surface area contributed by atoms with Crippen LogP contribution in [0.4, 0.5) is 0 Å². The summed E-state index contributed by atoms with van der Waals surface area (Å²) in [6, 6.07) is 7.44. The monoisotopic (exact) mass is 261 g/mol. The second-order valence-corrected chi connectivity index (χ2v) is 4.27. The van der Waals surface area contributed by atoms with Gasteiger partial charge in [0.2, 0.25) is 5.91 Å². The number of amides is 1. The third kappa shape index (κ3) is 4.58. The van der Waals surface area contributed by atoms with Crippen LogP contribution in [0, 0.1) is 0 Å². The Bertz CT molecular complexity index is 463. The molecule has 1 amide bonds. The highest BCUT2D eigenvalue weighted by Crippen LogP contribution is 2.23. The van der Waals surface area contributed by atoms with E-state index in [-0.39, 0.29) is 11.9 Å². The fourth-order valence-corrected chi connectivity index (χ4v) is 1.87. The van der Waals surface area contributed by atoms with Gasteiger partial charge in [-0.25, -0.2) is 0 Å². The van der Waals surface area contributed by atoms with Crippen molar-refractivity contribution in [2.75, 3.05) is 7.11 Å². The van der Waals surface area contributed by atoms with Crippen molar-refractivity contribution in [2.24, 2.45) is 5.73 Å². The van der Waals surface area contributed by atoms with Crippen LogP contribution >= 0.6 is 0 Å². The van der Waals surface area contributed by atoms with Gasteiger partial charge in [0.05, 0.1) is 13.0 Å². The Hall–Kier alpha value is -2.10. The van der Waals surface area contributed by atoms with Crippen molar-refractivity contribution in [3.05, 3.63) is 41.5 Å². The van der Waals surface area contributed by atoms with Gasteiger partial charge >= 0.3 is 5.97 Å². The number of hydrogen-bond acceptors (Lipinski definition) is 3. The van der Waals surface area contributed by atoms with Gasteiger partial charge in [0.25, 0.3) is 0 Å². The van der Waals surface area contributed by atoms with E-state index >= 15 is 0 Å². The largest absolute Gasteiger partial charge is 0.469 e. The van der Waals surface area contributed by atoms with Gasteiger partial charge in [-0.05, 0) is 23.6 Å². The maximum Gasteiger partial charge on any atom is 0.313 e. The van der Waals surface area contributed by atoms with E-state index in [9.17, 15) is 9.59 Å². The van der Waals surface area contributed by atoms with Crippen LogP contribution in [0.25, 0.3) is 6.08 Å². The van der Waals surface area contributed by atoms with E-state index < -0.39 is 5.91 Å². The summed E-state index contributed by atoms with van der Waals surface area (Å²) in [4.78, 5) is 22.3. The molecule has 0 aromatic heterocycles. The van der Waals surface area contributed by atoms with Crippen LogP contribution in [0.15, 0.2) is 30.3 Å². The van der Waals surface area contributed by atoms with E-state index in [4.69, 9.17) is 10.5 Å². The lowest BCUT2D eigenvalue weighted by molar-refractivity contribution is -0.142. The summed E-state index contributed by atoms with van der Waals surface area (Å²) in [6.07, 6.45) is 4.60. The molecule has 0 saturated carbocycles. The Labute approximate surface area is 113 Å². The van der Waals surface area contributed by atoms with Crippen LogP contribution in [-0.2, 0) is 14.3 Å². The van der Waals surface area contributed by atoms with E-state index in [2.05, 4.69) is 0 Å². The first-order chi connectivity index (χ1) is 9.08. The fraction of sp³-hybridized carbons (Fsp3) is 0.333. The van der Waals surface area contributed by atoms with Gasteiger partial charge in [0.15, 0.2) is 0 Å². The summed E-state index contributed by atoms with van der Waals surface area (Å²) in [5, 5.41) is 0. The molecule has 0 heterocycles. The van der Waals surface area contributed by atoms with Crippen molar-refractivity contribution in [1.29, 1.82) is 0 Å². The molecule has 19 heavy (non-hydrogen) atoms. The molecule has 4 heteroatoms. The predicted molar refractivity (Wildman–Crippen MR) is 74.3 cm³/mol. The van der Waals surface area contributed by atoms with Gasteiger partial charge in [0.1, 0.15) is 0 Å². The Morgan fingerprint density at radius 2 is 1.95 bits per heavy atom. The molecule has 0 aliphatic carbocycles. The second kappa shape index (κ2) is 7.36. The Morgan fingerprint density at radius 3 is 2.42 bits per heavy atom. The highest BCUT2D eigenvalue weighted by molar-refractivity contribution is 5.90. The van der Waals surface area contributed by atoms with Crippen molar-refractivity contribution < 1.29 is 14.3 Å².